The van der Waals surface area contributed by atoms with E-state index < -0.39 is 0 Å². The number of amides is 1. The van der Waals surface area contributed by atoms with Crippen molar-refractivity contribution in [1.82, 2.24) is 10.3 Å². The van der Waals surface area contributed by atoms with E-state index in [0.717, 1.165) is 34.9 Å². The largest absolute Gasteiger partial charge is 0.497 e. The molecule has 0 saturated carbocycles. The van der Waals surface area contributed by atoms with Gasteiger partial charge in [0.05, 0.1) is 19.2 Å². The highest BCUT2D eigenvalue weighted by molar-refractivity contribution is 7.13. The van der Waals surface area contributed by atoms with Gasteiger partial charge >= 0.3 is 0 Å². The molecule has 3 aromatic rings. The Bertz CT molecular complexity index is 964. The van der Waals surface area contributed by atoms with Gasteiger partial charge in [-0.05, 0) is 30.5 Å². The molecule has 0 atom stereocenters. The molecule has 1 aliphatic rings. The van der Waals surface area contributed by atoms with Crippen LogP contribution in [-0.4, -0.2) is 37.8 Å². The lowest BCUT2D eigenvalue weighted by atomic mass is 9.74. The van der Waals surface area contributed by atoms with Crippen molar-refractivity contribution in [3.8, 4) is 16.3 Å². The van der Waals surface area contributed by atoms with Gasteiger partial charge in [-0.1, -0.05) is 42.5 Å². The molecule has 2 heterocycles. The predicted molar refractivity (Wildman–Crippen MR) is 119 cm³/mol. The minimum Gasteiger partial charge on any atom is -0.497 e. The SMILES string of the molecule is COc1ccc(C2(CNC(=O)Cc3csc(-c4ccccc4)n3)CCOCC2)cc1. The van der Waals surface area contributed by atoms with Crippen LogP contribution in [0, 0.1) is 0 Å². The Morgan fingerprint density at radius 3 is 2.57 bits per heavy atom. The summed E-state index contributed by atoms with van der Waals surface area (Å²) in [7, 11) is 1.67. The van der Waals surface area contributed by atoms with Crippen LogP contribution in [0.5, 0.6) is 5.75 Å². The summed E-state index contributed by atoms with van der Waals surface area (Å²) in [6.07, 6.45) is 2.06. The van der Waals surface area contributed by atoms with Gasteiger partial charge < -0.3 is 14.8 Å². The molecule has 0 bridgehead atoms. The summed E-state index contributed by atoms with van der Waals surface area (Å²) in [5, 5.41) is 6.07. The van der Waals surface area contributed by atoms with E-state index in [1.54, 1.807) is 18.4 Å². The van der Waals surface area contributed by atoms with Gasteiger partial charge in [0, 0.05) is 36.1 Å². The molecule has 1 saturated heterocycles. The standard InChI is InChI=1S/C24H26N2O3S/c1-28-21-9-7-19(8-10-21)24(11-13-29-14-12-24)17-25-22(27)15-20-16-30-23(26-20)18-5-3-2-4-6-18/h2-10,16H,11-15,17H2,1H3,(H,25,27). The summed E-state index contributed by atoms with van der Waals surface area (Å²) < 4.78 is 10.9. The summed E-state index contributed by atoms with van der Waals surface area (Å²) >= 11 is 1.57. The number of hydrogen-bond donors (Lipinski definition) is 1. The van der Waals surface area contributed by atoms with Gasteiger partial charge in [-0.25, -0.2) is 4.98 Å². The highest BCUT2D eigenvalue weighted by atomic mass is 32.1. The first kappa shape index (κ1) is 20.6. The Hall–Kier alpha value is -2.70. The predicted octanol–water partition coefficient (Wildman–Crippen LogP) is 4.23. The second-order valence-corrected chi connectivity index (χ2v) is 8.44. The monoisotopic (exact) mass is 422 g/mol. The average Bonchev–Trinajstić information content (AvgIpc) is 3.27. The molecule has 5 nitrogen and oxygen atoms in total. The number of thiazole rings is 1. The third-order valence-corrected chi connectivity index (χ3v) is 6.63. The minimum atomic E-state index is -0.114. The van der Waals surface area contributed by atoms with E-state index in [9.17, 15) is 4.79 Å². The van der Waals surface area contributed by atoms with Crippen LogP contribution in [0.2, 0.25) is 0 Å². The van der Waals surface area contributed by atoms with Crippen LogP contribution in [0.15, 0.2) is 60.0 Å². The van der Waals surface area contributed by atoms with Crippen LogP contribution in [0.4, 0.5) is 0 Å². The molecule has 1 fully saturated rings. The van der Waals surface area contributed by atoms with E-state index in [1.165, 1.54) is 5.56 Å². The minimum absolute atomic E-state index is 0.000657. The van der Waals surface area contributed by atoms with Crippen LogP contribution in [0.3, 0.4) is 0 Å². The maximum absolute atomic E-state index is 12.7. The first-order chi connectivity index (χ1) is 14.7. The fraction of sp³-hybridized carbons (Fsp3) is 0.333. The summed E-state index contributed by atoms with van der Waals surface area (Å²) in [4.78, 5) is 17.3. The lowest BCUT2D eigenvalue weighted by Crippen LogP contribution is -2.45. The third kappa shape index (κ3) is 4.71. The lowest BCUT2D eigenvalue weighted by molar-refractivity contribution is -0.121. The van der Waals surface area contributed by atoms with Gasteiger partial charge in [0.2, 0.25) is 5.91 Å². The normalized spacial score (nSPS) is 15.5. The number of ether oxygens (including phenoxy) is 2. The van der Waals surface area contributed by atoms with Gasteiger partial charge in [0.1, 0.15) is 10.8 Å². The van der Waals surface area contributed by atoms with Crippen molar-refractivity contribution in [3.05, 3.63) is 71.2 Å². The van der Waals surface area contributed by atoms with E-state index in [0.29, 0.717) is 26.2 Å². The number of nitrogens with zero attached hydrogens (tertiary/aromatic N) is 1. The van der Waals surface area contributed by atoms with Gasteiger partial charge in [-0.3, -0.25) is 4.79 Å². The Morgan fingerprint density at radius 2 is 1.87 bits per heavy atom. The van der Waals surface area contributed by atoms with Gasteiger partial charge in [0.25, 0.3) is 0 Å². The second kappa shape index (κ2) is 9.41. The van der Waals surface area contributed by atoms with Gasteiger partial charge in [-0.2, -0.15) is 0 Å². The van der Waals surface area contributed by atoms with E-state index in [-0.39, 0.29) is 11.3 Å². The van der Waals surface area contributed by atoms with Crippen molar-refractivity contribution in [3.63, 3.8) is 0 Å². The molecule has 1 N–H and O–H groups in total. The summed E-state index contributed by atoms with van der Waals surface area (Å²) in [5.41, 5.74) is 2.99. The van der Waals surface area contributed by atoms with Crippen molar-refractivity contribution in [2.75, 3.05) is 26.9 Å². The van der Waals surface area contributed by atoms with Crippen LogP contribution >= 0.6 is 11.3 Å². The highest BCUT2D eigenvalue weighted by Gasteiger charge is 2.35. The fourth-order valence-electron chi connectivity index (χ4n) is 3.87. The first-order valence-corrected chi connectivity index (χ1v) is 11.1. The number of nitrogens with one attached hydrogen (secondary N) is 1. The number of carbonyl (C=O) groups is 1. The zero-order chi connectivity index (χ0) is 20.8. The molecule has 0 aliphatic carbocycles. The maximum Gasteiger partial charge on any atom is 0.226 e. The first-order valence-electron chi connectivity index (χ1n) is 10.2. The number of methoxy groups -OCH3 is 1. The van der Waals surface area contributed by atoms with E-state index >= 15 is 0 Å². The van der Waals surface area contributed by atoms with Crippen molar-refractivity contribution < 1.29 is 14.3 Å². The van der Waals surface area contributed by atoms with Crippen LogP contribution in [0.25, 0.3) is 10.6 Å². The number of carbonyl (C=O) groups excluding carboxylic acids is 1. The lowest BCUT2D eigenvalue weighted by Gasteiger charge is -2.38. The number of benzene rings is 2. The topological polar surface area (TPSA) is 60.5 Å². The highest BCUT2D eigenvalue weighted by Crippen LogP contribution is 2.35. The van der Waals surface area contributed by atoms with Crippen LogP contribution < -0.4 is 10.1 Å². The number of rotatable bonds is 7. The van der Waals surface area contributed by atoms with Gasteiger partial charge in [-0.15, -0.1) is 11.3 Å². The van der Waals surface area contributed by atoms with E-state index in [4.69, 9.17) is 9.47 Å². The van der Waals surface area contributed by atoms with Gasteiger partial charge in [0.15, 0.2) is 0 Å². The summed E-state index contributed by atoms with van der Waals surface area (Å²) in [6, 6.07) is 18.2. The Labute approximate surface area is 181 Å². The molecule has 0 radical (unpaired) electrons. The number of hydrogen-bond acceptors (Lipinski definition) is 5. The third-order valence-electron chi connectivity index (χ3n) is 5.69. The molecule has 4 rings (SSSR count). The molecule has 0 spiro atoms. The van der Waals surface area contributed by atoms with E-state index in [2.05, 4.69) is 22.4 Å². The smallest absolute Gasteiger partial charge is 0.226 e. The zero-order valence-corrected chi connectivity index (χ0v) is 17.9. The van der Waals surface area contributed by atoms with Crippen molar-refractivity contribution in [1.29, 1.82) is 0 Å². The fourth-order valence-corrected chi connectivity index (χ4v) is 4.70. The zero-order valence-electron chi connectivity index (χ0n) is 17.1. The number of aromatic nitrogens is 1. The Morgan fingerprint density at radius 1 is 1.13 bits per heavy atom. The Kier molecular flexibility index (Phi) is 6.45. The molecule has 1 aromatic heterocycles. The van der Waals surface area contributed by atoms with Crippen LogP contribution in [0.1, 0.15) is 24.1 Å². The molecule has 1 aliphatic heterocycles. The molecule has 6 heteroatoms. The van der Waals surface area contributed by atoms with Crippen molar-refractivity contribution in [2.45, 2.75) is 24.7 Å². The molecule has 30 heavy (non-hydrogen) atoms. The van der Waals surface area contributed by atoms with Crippen LogP contribution in [-0.2, 0) is 21.4 Å². The molecule has 0 unspecified atom stereocenters. The second-order valence-electron chi connectivity index (χ2n) is 7.58. The quantitative estimate of drug-likeness (QED) is 0.619. The molecule has 156 valence electrons. The summed E-state index contributed by atoms with van der Waals surface area (Å²) in [6.45, 7) is 2.00. The average molecular weight is 423 g/mol. The van der Waals surface area contributed by atoms with Crippen molar-refractivity contribution >= 4 is 17.2 Å². The molecule has 2 aromatic carbocycles. The van der Waals surface area contributed by atoms with Crippen molar-refractivity contribution in [2.24, 2.45) is 0 Å². The molecular formula is C24H26N2O3S. The maximum atomic E-state index is 12.7. The Balaban J connectivity index is 1.41. The van der Waals surface area contributed by atoms with E-state index in [1.807, 2.05) is 47.8 Å². The molecular weight excluding hydrogens is 396 g/mol. The molecule has 1 amide bonds. The summed E-state index contributed by atoms with van der Waals surface area (Å²) in [5.74, 6) is 0.835.